The van der Waals surface area contributed by atoms with Crippen molar-refractivity contribution in [3.05, 3.63) is 0 Å². The van der Waals surface area contributed by atoms with E-state index in [4.69, 9.17) is 0 Å². The van der Waals surface area contributed by atoms with Gasteiger partial charge in [-0.1, -0.05) is 43.6 Å². The fourth-order valence-electron chi connectivity index (χ4n) is 0.578. The Morgan fingerprint density at radius 2 is 2.00 bits per heavy atom. The smallest absolute Gasteiger partial charge is 0.230 e. The number of halogens is 1. The Morgan fingerprint density at radius 1 is 1.50 bits per heavy atom. The van der Waals surface area contributed by atoms with Gasteiger partial charge in [0.2, 0.25) is 5.91 Å². The van der Waals surface area contributed by atoms with Gasteiger partial charge in [-0.3, -0.25) is 4.79 Å². The van der Waals surface area contributed by atoms with Gasteiger partial charge in [0.1, 0.15) is 0 Å². The molecule has 2 nitrogen and oxygen atoms in total. The molecule has 0 atom stereocenters. The van der Waals surface area contributed by atoms with Crippen LogP contribution in [0.25, 0.3) is 0 Å². The lowest BCUT2D eigenvalue weighted by Crippen LogP contribution is -2.37. The van der Waals surface area contributed by atoms with E-state index in [1.807, 2.05) is 0 Å². The summed E-state index contributed by atoms with van der Waals surface area (Å²) in [6, 6.07) is 0. The highest BCUT2D eigenvalue weighted by Gasteiger charge is 2.22. The molecule has 0 aromatic heterocycles. The lowest BCUT2D eigenvalue weighted by Gasteiger charge is -2.29. The first-order chi connectivity index (χ1) is 5.40. The SMILES string of the molecule is CC(C)C(C)(C)CNC(=O)CBr. The van der Waals surface area contributed by atoms with E-state index in [2.05, 4.69) is 48.9 Å². The van der Waals surface area contributed by atoms with Crippen molar-refractivity contribution in [2.45, 2.75) is 27.7 Å². The maximum Gasteiger partial charge on any atom is 0.230 e. The molecule has 12 heavy (non-hydrogen) atoms. The van der Waals surface area contributed by atoms with Gasteiger partial charge in [-0.05, 0) is 11.3 Å². The molecule has 0 aliphatic carbocycles. The van der Waals surface area contributed by atoms with Crippen molar-refractivity contribution in [1.82, 2.24) is 5.32 Å². The molecule has 0 heterocycles. The average Bonchev–Trinajstić information content (AvgIpc) is 2.00. The van der Waals surface area contributed by atoms with E-state index in [0.717, 1.165) is 6.54 Å². The van der Waals surface area contributed by atoms with E-state index in [9.17, 15) is 4.79 Å². The topological polar surface area (TPSA) is 29.1 Å². The molecule has 0 saturated carbocycles. The summed E-state index contributed by atoms with van der Waals surface area (Å²) in [5.74, 6) is 0.636. The molecule has 0 spiro atoms. The number of amides is 1. The predicted molar refractivity (Wildman–Crippen MR) is 55.4 cm³/mol. The molecule has 0 rings (SSSR count). The third-order valence-corrected chi connectivity index (χ3v) is 2.93. The molecule has 1 amide bonds. The maximum atomic E-state index is 10.9. The second-order valence-electron chi connectivity index (χ2n) is 4.05. The van der Waals surface area contributed by atoms with Gasteiger partial charge in [0.25, 0.3) is 0 Å². The largest absolute Gasteiger partial charge is 0.355 e. The summed E-state index contributed by atoms with van der Waals surface area (Å²) in [6.07, 6.45) is 0. The Kier molecular flexibility index (Phi) is 4.83. The monoisotopic (exact) mass is 235 g/mol. The minimum Gasteiger partial charge on any atom is -0.355 e. The van der Waals surface area contributed by atoms with Gasteiger partial charge in [-0.25, -0.2) is 0 Å². The number of carbonyl (C=O) groups excluding carboxylic acids is 1. The van der Waals surface area contributed by atoms with E-state index >= 15 is 0 Å². The molecule has 0 aliphatic rings. The summed E-state index contributed by atoms with van der Waals surface area (Å²) in [6.45, 7) is 9.40. The molecule has 0 fully saturated rings. The molecule has 1 N–H and O–H groups in total. The van der Waals surface area contributed by atoms with Crippen LogP contribution in [0.5, 0.6) is 0 Å². The number of nitrogens with one attached hydrogen (secondary N) is 1. The van der Waals surface area contributed by atoms with Crippen molar-refractivity contribution in [2.75, 3.05) is 11.9 Å². The second-order valence-corrected chi connectivity index (χ2v) is 4.61. The summed E-state index contributed by atoms with van der Waals surface area (Å²) in [5, 5.41) is 3.26. The zero-order chi connectivity index (χ0) is 9.78. The number of alkyl halides is 1. The van der Waals surface area contributed by atoms with Crippen molar-refractivity contribution in [3.63, 3.8) is 0 Å². The normalized spacial score (nSPS) is 11.8. The molecule has 0 unspecified atom stereocenters. The van der Waals surface area contributed by atoms with Gasteiger partial charge in [0.15, 0.2) is 0 Å². The fraction of sp³-hybridized carbons (Fsp3) is 0.889. The Balaban J connectivity index is 3.83. The lowest BCUT2D eigenvalue weighted by atomic mass is 9.81. The van der Waals surface area contributed by atoms with E-state index in [0.29, 0.717) is 11.2 Å². The Labute approximate surface area is 83.2 Å². The van der Waals surface area contributed by atoms with E-state index in [1.54, 1.807) is 0 Å². The molecule has 0 aromatic rings. The van der Waals surface area contributed by atoms with Crippen LogP contribution < -0.4 is 5.32 Å². The minimum absolute atomic E-state index is 0.0590. The summed E-state index contributed by atoms with van der Waals surface area (Å²) in [5.41, 5.74) is 0.178. The van der Waals surface area contributed by atoms with Crippen LogP contribution in [0.2, 0.25) is 0 Å². The minimum atomic E-state index is 0.0590. The molecule has 0 saturated heterocycles. The van der Waals surface area contributed by atoms with Gasteiger partial charge in [-0.15, -0.1) is 0 Å². The zero-order valence-electron chi connectivity index (χ0n) is 8.28. The molecule has 72 valence electrons. The van der Waals surface area contributed by atoms with Crippen LogP contribution in [0.1, 0.15) is 27.7 Å². The fourth-order valence-corrected chi connectivity index (χ4v) is 0.776. The zero-order valence-corrected chi connectivity index (χ0v) is 9.86. The number of hydrogen-bond acceptors (Lipinski definition) is 1. The quantitative estimate of drug-likeness (QED) is 0.745. The van der Waals surface area contributed by atoms with Gasteiger partial charge >= 0.3 is 0 Å². The Hall–Kier alpha value is -0.0500. The molecule has 3 heteroatoms. The van der Waals surface area contributed by atoms with Gasteiger partial charge in [0, 0.05) is 6.54 Å². The standard InChI is InChI=1S/C9H18BrNO/c1-7(2)9(3,4)6-11-8(12)5-10/h7H,5-6H2,1-4H3,(H,11,12). The summed E-state index contributed by atoms with van der Waals surface area (Å²) in [4.78, 5) is 10.9. The van der Waals surface area contributed by atoms with Gasteiger partial charge < -0.3 is 5.32 Å². The Bertz CT molecular complexity index is 155. The van der Waals surface area contributed by atoms with Gasteiger partial charge in [0.05, 0.1) is 5.33 Å². The Morgan fingerprint density at radius 3 is 2.33 bits per heavy atom. The molecule has 0 bridgehead atoms. The first-order valence-electron chi connectivity index (χ1n) is 4.23. The van der Waals surface area contributed by atoms with Crippen LogP contribution in [-0.2, 0) is 4.79 Å². The summed E-state index contributed by atoms with van der Waals surface area (Å²) < 4.78 is 0. The van der Waals surface area contributed by atoms with E-state index in [1.165, 1.54) is 0 Å². The average molecular weight is 236 g/mol. The van der Waals surface area contributed by atoms with Crippen LogP contribution in [0.4, 0.5) is 0 Å². The molecule has 0 aliphatic heterocycles. The van der Waals surface area contributed by atoms with Crippen LogP contribution in [0, 0.1) is 11.3 Å². The third-order valence-electron chi connectivity index (χ3n) is 2.43. The summed E-state index contributed by atoms with van der Waals surface area (Å²) in [7, 11) is 0. The second kappa shape index (κ2) is 4.85. The first-order valence-corrected chi connectivity index (χ1v) is 5.35. The van der Waals surface area contributed by atoms with Crippen molar-refractivity contribution in [1.29, 1.82) is 0 Å². The van der Waals surface area contributed by atoms with Crippen LogP contribution >= 0.6 is 15.9 Å². The maximum absolute atomic E-state index is 10.9. The molecular formula is C9H18BrNO. The van der Waals surface area contributed by atoms with Crippen molar-refractivity contribution in [3.8, 4) is 0 Å². The number of hydrogen-bond donors (Lipinski definition) is 1. The molecule has 0 radical (unpaired) electrons. The van der Waals surface area contributed by atoms with Crippen molar-refractivity contribution >= 4 is 21.8 Å². The summed E-state index contributed by atoms with van der Waals surface area (Å²) >= 11 is 3.11. The predicted octanol–water partition coefficient (Wildman–Crippen LogP) is 2.18. The lowest BCUT2D eigenvalue weighted by molar-refractivity contribution is -0.119. The number of rotatable bonds is 4. The van der Waals surface area contributed by atoms with Crippen molar-refractivity contribution in [2.24, 2.45) is 11.3 Å². The molecule has 0 aromatic carbocycles. The highest BCUT2D eigenvalue weighted by atomic mass is 79.9. The molecular weight excluding hydrogens is 218 g/mol. The highest BCUT2D eigenvalue weighted by molar-refractivity contribution is 9.09. The third kappa shape index (κ3) is 4.10. The van der Waals surface area contributed by atoms with E-state index < -0.39 is 0 Å². The highest BCUT2D eigenvalue weighted by Crippen LogP contribution is 2.24. The van der Waals surface area contributed by atoms with Crippen molar-refractivity contribution < 1.29 is 4.79 Å². The number of carbonyl (C=O) groups is 1. The van der Waals surface area contributed by atoms with Crippen LogP contribution in [-0.4, -0.2) is 17.8 Å². The van der Waals surface area contributed by atoms with Crippen LogP contribution in [0.3, 0.4) is 0 Å². The van der Waals surface area contributed by atoms with Crippen LogP contribution in [0.15, 0.2) is 0 Å². The van der Waals surface area contributed by atoms with E-state index in [-0.39, 0.29) is 11.3 Å². The first kappa shape index (κ1) is 11.9. The van der Waals surface area contributed by atoms with Gasteiger partial charge in [-0.2, -0.15) is 0 Å².